The molecular weight excluding hydrogens is 248 g/mol. The number of carbonyl (C=O) groups is 1. The largest absolute Gasteiger partial charge is 0.353 e. The second-order valence-corrected chi connectivity index (χ2v) is 7.52. The Morgan fingerprint density at radius 1 is 1.20 bits per heavy atom. The molecule has 2 aliphatic rings. The molecule has 0 spiro atoms. The standard InChI is InChI=1S/C17H32N2O/c1-4-17(2,3)14-5-7-15(8-6-14)19-16(20)11-13-9-10-18-12-13/h13-15,18H,4-12H2,1-3H3,(H,19,20). The molecule has 2 fully saturated rings. The van der Waals surface area contributed by atoms with Crippen LogP contribution in [0.3, 0.4) is 0 Å². The summed E-state index contributed by atoms with van der Waals surface area (Å²) in [5, 5.41) is 6.60. The summed E-state index contributed by atoms with van der Waals surface area (Å²) < 4.78 is 0. The van der Waals surface area contributed by atoms with Crippen LogP contribution >= 0.6 is 0 Å². The Morgan fingerprint density at radius 3 is 2.45 bits per heavy atom. The summed E-state index contributed by atoms with van der Waals surface area (Å²) in [6.07, 6.45) is 8.01. The van der Waals surface area contributed by atoms with E-state index < -0.39 is 0 Å². The Morgan fingerprint density at radius 2 is 1.90 bits per heavy atom. The average Bonchev–Trinajstić information content (AvgIpc) is 2.92. The molecule has 0 aromatic carbocycles. The summed E-state index contributed by atoms with van der Waals surface area (Å²) in [4.78, 5) is 12.1. The Balaban J connectivity index is 1.70. The zero-order valence-corrected chi connectivity index (χ0v) is 13.5. The third-order valence-corrected chi connectivity index (χ3v) is 5.75. The lowest BCUT2D eigenvalue weighted by atomic mass is 9.69. The van der Waals surface area contributed by atoms with Crippen molar-refractivity contribution in [3.63, 3.8) is 0 Å². The van der Waals surface area contributed by atoms with Crippen LogP contribution in [0.5, 0.6) is 0 Å². The lowest BCUT2D eigenvalue weighted by Gasteiger charge is -2.39. The van der Waals surface area contributed by atoms with Crippen molar-refractivity contribution >= 4 is 5.91 Å². The van der Waals surface area contributed by atoms with Gasteiger partial charge in [0.05, 0.1) is 0 Å². The molecule has 0 bridgehead atoms. The molecular formula is C17H32N2O. The number of carbonyl (C=O) groups excluding carboxylic acids is 1. The van der Waals surface area contributed by atoms with Crippen LogP contribution in [-0.4, -0.2) is 25.0 Å². The van der Waals surface area contributed by atoms with Crippen molar-refractivity contribution in [3.8, 4) is 0 Å². The van der Waals surface area contributed by atoms with Crippen LogP contribution in [0.2, 0.25) is 0 Å². The molecule has 0 aromatic heterocycles. The van der Waals surface area contributed by atoms with E-state index in [-0.39, 0.29) is 5.91 Å². The minimum absolute atomic E-state index is 0.275. The van der Waals surface area contributed by atoms with E-state index in [1.165, 1.54) is 32.1 Å². The van der Waals surface area contributed by atoms with Crippen LogP contribution in [-0.2, 0) is 4.79 Å². The number of amides is 1. The average molecular weight is 280 g/mol. The van der Waals surface area contributed by atoms with Crippen LogP contribution in [0.15, 0.2) is 0 Å². The first-order valence-electron chi connectivity index (χ1n) is 8.51. The molecule has 20 heavy (non-hydrogen) atoms. The quantitative estimate of drug-likeness (QED) is 0.812. The van der Waals surface area contributed by atoms with E-state index in [2.05, 4.69) is 31.4 Å². The summed E-state index contributed by atoms with van der Waals surface area (Å²) >= 11 is 0. The smallest absolute Gasteiger partial charge is 0.220 e. The van der Waals surface area contributed by atoms with Gasteiger partial charge in [-0.25, -0.2) is 0 Å². The Kier molecular flexibility index (Phi) is 5.48. The predicted octanol–water partition coefficient (Wildman–Crippen LogP) is 3.10. The molecule has 2 N–H and O–H groups in total. The Labute approximate surface area is 124 Å². The molecule has 1 heterocycles. The van der Waals surface area contributed by atoms with Crippen LogP contribution in [0.1, 0.15) is 65.7 Å². The zero-order valence-electron chi connectivity index (χ0n) is 13.5. The molecule has 0 radical (unpaired) electrons. The van der Waals surface area contributed by atoms with Crippen molar-refractivity contribution in [1.82, 2.24) is 10.6 Å². The normalized spacial score (nSPS) is 31.2. The van der Waals surface area contributed by atoms with E-state index in [1.807, 2.05) is 0 Å². The van der Waals surface area contributed by atoms with Gasteiger partial charge in [0.15, 0.2) is 0 Å². The number of hydrogen-bond donors (Lipinski definition) is 2. The van der Waals surface area contributed by atoms with E-state index in [9.17, 15) is 4.79 Å². The van der Waals surface area contributed by atoms with E-state index in [4.69, 9.17) is 0 Å². The molecule has 3 heteroatoms. The number of nitrogens with one attached hydrogen (secondary N) is 2. The zero-order chi connectivity index (χ0) is 14.6. The van der Waals surface area contributed by atoms with Crippen molar-refractivity contribution < 1.29 is 4.79 Å². The SMILES string of the molecule is CCC(C)(C)C1CCC(NC(=O)CC2CCNC2)CC1. The van der Waals surface area contributed by atoms with Gasteiger partial charge >= 0.3 is 0 Å². The highest BCUT2D eigenvalue weighted by Crippen LogP contribution is 2.40. The van der Waals surface area contributed by atoms with Crippen LogP contribution < -0.4 is 10.6 Å². The highest BCUT2D eigenvalue weighted by molar-refractivity contribution is 5.76. The van der Waals surface area contributed by atoms with E-state index in [0.717, 1.165) is 25.4 Å². The van der Waals surface area contributed by atoms with Gasteiger partial charge in [-0.05, 0) is 62.4 Å². The second-order valence-electron chi connectivity index (χ2n) is 7.52. The molecule has 116 valence electrons. The molecule has 1 saturated carbocycles. The number of hydrogen-bond acceptors (Lipinski definition) is 2. The summed E-state index contributed by atoms with van der Waals surface area (Å²) in [5.41, 5.74) is 0.463. The van der Waals surface area contributed by atoms with Gasteiger partial charge in [0.2, 0.25) is 5.91 Å². The van der Waals surface area contributed by atoms with Crippen molar-refractivity contribution in [2.75, 3.05) is 13.1 Å². The highest BCUT2D eigenvalue weighted by Gasteiger charge is 2.32. The van der Waals surface area contributed by atoms with Crippen molar-refractivity contribution in [3.05, 3.63) is 0 Å². The maximum Gasteiger partial charge on any atom is 0.220 e. The van der Waals surface area contributed by atoms with E-state index >= 15 is 0 Å². The summed E-state index contributed by atoms with van der Waals surface area (Å²) in [6, 6.07) is 0.431. The molecule has 1 atom stereocenters. The van der Waals surface area contributed by atoms with Gasteiger partial charge in [-0.2, -0.15) is 0 Å². The van der Waals surface area contributed by atoms with Gasteiger partial charge in [0, 0.05) is 12.5 Å². The molecule has 1 aliphatic carbocycles. The summed E-state index contributed by atoms with van der Waals surface area (Å²) in [5.74, 6) is 1.67. The fraction of sp³-hybridized carbons (Fsp3) is 0.941. The Hall–Kier alpha value is -0.570. The van der Waals surface area contributed by atoms with E-state index in [1.54, 1.807) is 0 Å². The Bertz CT molecular complexity index is 313. The molecule has 3 nitrogen and oxygen atoms in total. The van der Waals surface area contributed by atoms with Gasteiger partial charge in [-0.15, -0.1) is 0 Å². The fourth-order valence-corrected chi connectivity index (χ4v) is 3.75. The van der Waals surface area contributed by atoms with Crippen molar-refractivity contribution in [2.24, 2.45) is 17.3 Å². The van der Waals surface area contributed by atoms with Gasteiger partial charge in [-0.3, -0.25) is 4.79 Å². The first-order chi connectivity index (χ1) is 9.51. The van der Waals surface area contributed by atoms with Gasteiger partial charge in [-0.1, -0.05) is 27.2 Å². The molecule has 1 amide bonds. The maximum atomic E-state index is 12.1. The molecule has 2 rings (SSSR count). The summed E-state index contributed by atoms with van der Waals surface area (Å²) in [7, 11) is 0. The summed E-state index contributed by atoms with van der Waals surface area (Å²) in [6.45, 7) is 9.18. The van der Waals surface area contributed by atoms with Crippen LogP contribution in [0, 0.1) is 17.3 Å². The highest BCUT2D eigenvalue weighted by atomic mass is 16.1. The molecule has 0 aromatic rings. The lowest BCUT2D eigenvalue weighted by Crippen LogP contribution is -2.40. The minimum atomic E-state index is 0.275. The molecule has 1 saturated heterocycles. The van der Waals surface area contributed by atoms with Gasteiger partial charge in [0.25, 0.3) is 0 Å². The monoisotopic (exact) mass is 280 g/mol. The van der Waals surface area contributed by atoms with Crippen molar-refractivity contribution in [1.29, 1.82) is 0 Å². The van der Waals surface area contributed by atoms with Crippen molar-refractivity contribution in [2.45, 2.75) is 71.8 Å². The lowest BCUT2D eigenvalue weighted by molar-refractivity contribution is -0.122. The third-order valence-electron chi connectivity index (χ3n) is 5.75. The third kappa shape index (κ3) is 4.21. The maximum absolute atomic E-state index is 12.1. The molecule has 1 aliphatic heterocycles. The first-order valence-corrected chi connectivity index (χ1v) is 8.51. The van der Waals surface area contributed by atoms with Gasteiger partial charge in [0.1, 0.15) is 0 Å². The topological polar surface area (TPSA) is 41.1 Å². The van der Waals surface area contributed by atoms with Crippen LogP contribution in [0.4, 0.5) is 0 Å². The number of rotatable bonds is 5. The molecule has 1 unspecified atom stereocenters. The second kappa shape index (κ2) is 6.93. The first kappa shape index (κ1) is 15.8. The predicted molar refractivity (Wildman–Crippen MR) is 83.6 cm³/mol. The minimum Gasteiger partial charge on any atom is -0.353 e. The fourth-order valence-electron chi connectivity index (χ4n) is 3.75. The van der Waals surface area contributed by atoms with Gasteiger partial charge < -0.3 is 10.6 Å². The van der Waals surface area contributed by atoms with E-state index in [0.29, 0.717) is 23.8 Å². The van der Waals surface area contributed by atoms with Crippen LogP contribution in [0.25, 0.3) is 0 Å².